The van der Waals surface area contributed by atoms with E-state index in [0.717, 1.165) is 5.56 Å². The van der Waals surface area contributed by atoms with Gasteiger partial charge in [0.05, 0.1) is 9.79 Å². The Hall–Kier alpha value is -2.41. The van der Waals surface area contributed by atoms with Gasteiger partial charge in [0, 0.05) is 18.9 Å². The van der Waals surface area contributed by atoms with Gasteiger partial charge in [-0.05, 0) is 50.6 Å². The van der Waals surface area contributed by atoms with E-state index >= 15 is 0 Å². The van der Waals surface area contributed by atoms with E-state index in [2.05, 4.69) is 10.3 Å². The summed E-state index contributed by atoms with van der Waals surface area (Å²) in [5, 5.41) is 2.62. The summed E-state index contributed by atoms with van der Waals surface area (Å²) in [6.45, 7) is 5.60. The van der Waals surface area contributed by atoms with Crippen molar-refractivity contribution in [2.24, 2.45) is 0 Å². The summed E-state index contributed by atoms with van der Waals surface area (Å²) < 4.78 is 30.0. The van der Waals surface area contributed by atoms with Gasteiger partial charge < -0.3 is 10.1 Å². The van der Waals surface area contributed by atoms with Crippen LogP contribution in [0.15, 0.2) is 58.6 Å². The lowest BCUT2D eigenvalue weighted by molar-refractivity contribution is 0.0523. The van der Waals surface area contributed by atoms with Crippen LogP contribution in [0, 0.1) is 0 Å². The quantitative estimate of drug-likeness (QED) is 0.918. The van der Waals surface area contributed by atoms with E-state index < -0.39 is 21.5 Å². The number of ether oxygens (including phenoxy) is 1. The number of aromatic nitrogens is 1. The number of benzene rings is 1. The summed E-state index contributed by atoms with van der Waals surface area (Å²) in [5.41, 5.74) is 0.206. The van der Waals surface area contributed by atoms with E-state index in [9.17, 15) is 13.2 Å². The van der Waals surface area contributed by atoms with Gasteiger partial charge >= 0.3 is 6.09 Å². The molecule has 1 N–H and O–H groups in total. The Labute approximate surface area is 141 Å². The third-order valence-corrected chi connectivity index (χ3v) is 4.77. The normalized spacial score (nSPS) is 11.8. The second-order valence-electron chi connectivity index (χ2n) is 6.19. The van der Waals surface area contributed by atoms with Crippen LogP contribution in [0.5, 0.6) is 0 Å². The minimum absolute atomic E-state index is 0.143. The average molecular weight is 348 g/mol. The number of pyridine rings is 1. The van der Waals surface area contributed by atoms with Crippen molar-refractivity contribution in [2.75, 3.05) is 0 Å². The van der Waals surface area contributed by atoms with Gasteiger partial charge in [0.2, 0.25) is 9.84 Å². The molecule has 0 aliphatic carbocycles. The van der Waals surface area contributed by atoms with Gasteiger partial charge in [0.1, 0.15) is 5.60 Å². The molecule has 1 amide bonds. The summed E-state index contributed by atoms with van der Waals surface area (Å²) in [6, 6.07) is 9.40. The zero-order valence-electron chi connectivity index (χ0n) is 13.8. The maximum absolute atomic E-state index is 12.4. The van der Waals surface area contributed by atoms with Crippen LogP contribution < -0.4 is 5.32 Å². The molecule has 2 rings (SSSR count). The molecule has 0 saturated carbocycles. The van der Waals surface area contributed by atoms with Gasteiger partial charge in [-0.2, -0.15) is 0 Å². The number of carbonyl (C=O) groups excluding carboxylic acids is 1. The highest BCUT2D eigenvalue weighted by Crippen LogP contribution is 2.20. The van der Waals surface area contributed by atoms with Gasteiger partial charge in [0.15, 0.2) is 0 Å². The molecule has 0 radical (unpaired) electrons. The van der Waals surface area contributed by atoms with Crippen molar-refractivity contribution in [3.8, 4) is 0 Å². The second kappa shape index (κ2) is 7.00. The topological polar surface area (TPSA) is 85.4 Å². The molecule has 0 saturated heterocycles. The number of nitrogens with zero attached hydrogens (tertiary/aromatic N) is 1. The van der Waals surface area contributed by atoms with E-state index in [1.54, 1.807) is 39.0 Å². The van der Waals surface area contributed by atoms with Crippen LogP contribution in [0.4, 0.5) is 4.79 Å². The van der Waals surface area contributed by atoms with Crippen molar-refractivity contribution < 1.29 is 17.9 Å². The zero-order valence-corrected chi connectivity index (χ0v) is 14.6. The first-order valence-electron chi connectivity index (χ1n) is 7.39. The number of amides is 1. The van der Waals surface area contributed by atoms with Crippen LogP contribution in [-0.2, 0) is 21.1 Å². The summed E-state index contributed by atoms with van der Waals surface area (Å²) >= 11 is 0. The smallest absolute Gasteiger partial charge is 0.407 e. The summed E-state index contributed by atoms with van der Waals surface area (Å²) in [4.78, 5) is 15.8. The van der Waals surface area contributed by atoms with Gasteiger partial charge in [-0.3, -0.25) is 4.98 Å². The van der Waals surface area contributed by atoms with Crippen molar-refractivity contribution in [1.82, 2.24) is 10.3 Å². The van der Waals surface area contributed by atoms with E-state index in [1.165, 1.54) is 30.6 Å². The molecule has 0 unspecified atom stereocenters. The Bertz CT molecular complexity index is 795. The Balaban J connectivity index is 2.05. The van der Waals surface area contributed by atoms with Gasteiger partial charge in [0.25, 0.3) is 0 Å². The third kappa shape index (κ3) is 4.79. The highest BCUT2D eigenvalue weighted by molar-refractivity contribution is 7.91. The van der Waals surface area contributed by atoms with Crippen molar-refractivity contribution in [1.29, 1.82) is 0 Å². The van der Waals surface area contributed by atoms with Crippen molar-refractivity contribution in [3.05, 3.63) is 54.4 Å². The number of nitrogens with one attached hydrogen (secondary N) is 1. The van der Waals surface area contributed by atoms with Crippen LogP contribution in [0.25, 0.3) is 0 Å². The molecule has 0 aliphatic heterocycles. The first-order chi connectivity index (χ1) is 11.2. The highest BCUT2D eigenvalue weighted by atomic mass is 32.2. The Kier molecular flexibility index (Phi) is 5.23. The first-order valence-corrected chi connectivity index (χ1v) is 8.88. The fourth-order valence-electron chi connectivity index (χ4n) is 1.92. The van der Waals surface area contributed by atoms with Crippen molar-refractivity contribution in [2.45, 2.75) is 42.7 Å². The molecule has 1 aromatic heterocycles. The molecule has 0 atom stereocenters. The average Bonchev–Trinajstić information content (AvgIpc) is 2.52. The lowest BCUT2D eigenvalue weighted by Gasteiger charge is -2.19. The molecule has 7 heteroatoms. The molecule has 0 aliphatic rings. The van der Waals surface area contributed by atoms with Crippen LogP contribution >= 0.6 is 0 Å². The fourth-order valence-corrected chi connectivity index (χ4v) is 3.14. The Morgan fingerprint density at radius 3 is 2.33 bits per heavy atom. The van der Waals surface area contributed by atoms with Gasteiger partial charge in [-0.25, -0.2) is 13.2 Å². The molecule has 6 nitrogen and oxygen atoms in total. The number of hydrogen-bond donors (Lipinski definition) is 1. The van der Waals surface area contributed by atoms with Gasteiger partial charge in [-0.15, -0.1) is 0 Å². The largest absolute Gasteiger partial charge is 0.444 e. The van der Waals surface area contributed by atoms with E-state index in [4.69, 9.17) is 4.74 Å². The van der Waals surface area contributed by atoms with E-state index in [-0.39, 0.29) is 16.3 Å². The van der Waals surface area contributed by atoms with Crippen molar-refractivity contribution in [3.63, 3.8) is 0 Å². The lowest BCUT2D eigenvalue weighted by atomic mass is 10.2. The molecule has 0 spiro atoms. The molecule has 1 aromatic carbocycles. The molecule has 0 bridgehead atoms. The van der Waals surface area contributed by atoms with Crippen LogP contribution in [-0.4, -0.2) is 25.1 Å². The maximum atomic E-state index is 12.4. The van der Waals surface area contributed by atoms with E-state index in [1.807, 2.05) is 0 Å². The number of carbonyl (C=O) groups is 1. The van der Waals surface area contributed by atoms with Crippen molar-refractivity contribution >= 4 is 15.9 Å². The van der Waals surface area contributed by atoms with Crippen LogP contribution in [0.1, 0.15) is 26.3 Å². The number of rotatable bonds is 4. The van der Waals surface area contributed by atoms with E-state index in [0.29, 0.717) is 0 Å². The lowest BCUT2D eigenvalue weighted by Crippen LogP contribution is -2.32. The molecule has 2 aromatic rings. The molecule has 1 heterocycles. The predicted molar refractivity (Wildman–Crippen MR) is 89.2 cm³/mol. The first kappa shape index (κ1) is 17.9. The monoisotopic (exact) mass is 348 g/mol. The third-order valence-electron chi connectivity index (χ3n) is 3.01. The second-order valence-corrected chi connectivity index (χ2v) is 8.14. The minimum Gasteiger partial charge on any atom is -0.444 e. The SMILES string of the molecule is CC(C)(C)OC(=O)NCc1ccc(S(=O)(=O)c2cccnc2)cc1. The molecular formula is C17H20N2O4S. The molecule has 128 valence electrons. The zero-order chi connectivity index (χ0) is 17.8. The number of hydrogen-bond acceptors (Lipinski definition) is 5. The molecule has 0 fully saturated rings. The van der Waals surface area contributed by atoms with Crippen LogP contribution in [0.2, 0.25) is 0 Å². The summed E-state index contributed by atoms with van der Waals surface area (Å²) in [6.07, 6.45) is 2.31. The summed E-state index contributed by atoms with van der Waals surface area (Å²) in [5.74, 6) is 0. The Morgan fingerprint density at radius 2 is 1.79 bits per heavy atom. The fraction of sp³-hybridized carbons (Fsp3) is 0.294. The standard InChI is InChI=1S/C17H20N2O4S/c1-17(2,3)23-16(20)19-11-13-6-8-14(9-7-13)24(21,22)15-5-4-10-18-12-15/h4-10,12H,11H2,1-3H3,(H,19,20). The predicted octanol–water partition coefficient (Wildman–Crippen LogP) is 2.94. The summed E-state index contributed by atoms with van der Waals surface area (Å²) in [7, 11) is -3.59. The Morgan fingerprint density at radius 1 is 1.12 bits per heavy atom. The number of sulfone groups is 1. The van der Waals surface area contributed by atoms with Gasteiger partial charge in [-0.1, -0.05) is 12.1 Å². The number of alkyl carbamates (subject to hydrolysis) is 1. The highest BCUT2D eigenvalue weighted by Gasteiger charge is 2.18. The molecular weight excluding hydrogens is 328 g/mol. The molecule has 24 heavy (non-hydrogen) atoms. The minimum atomic E-state index is -3.59. The maximum Gasteiger partial charge on any atom is 0.407 e. The van der Waals surface area contributed by atoms with Crippen LogP contribution in [0.3, 0.4) is 0 Å².